The summed E-state index contributed by atoms with van der Waals surface area (Å²) < 4.78 is 41.6. The van der Waals surface area contributed by atoms with Crippen molar-refractivity contribution in [2.75, 3.05) is 0 Å². The third-order valence-electron chi connectivity index (χ3n) is 2.74. The fourth-order valence-corrected chi connectivity index (χ4v) is 1.77. The summed E-state index contributed by atoms with van der Waals surface area (Å²) in [6.45, 7) is -1.41. The molecule has 0 aliphatic carbocycles. The first-order valence-electron chi connectivity index (χ1n) is 5.83. The van der Waals surface area contributed by atoms with Crippen molar-refractivity contribution in [2.45, 2.75) is 13.5 Å². The minimum Gasteiger partial charge on any atom is -0.435 e. The van der Waals surface area contributed by atoms with Crippen LogP contribution in [0.5, 0.6) is 5.75 Å². The molecule has 2 aromatic rings. The van der Waals surface area contributed by atoms with E-state index < -0.39 is 12.4 Å². The molecule has 0 aliphatic heterocycles. The van der Waals surface area contributed by atoms with E-state index >= 15 is 0 Å². The minimum absolute atomic E-state index is 0.0929. The number of rotatable bonds is 4. The first-order chi connectivity index (χ1) is 9.47. The van der Waals surface area contributed by atoms with Gasteiger partial charge >= 0.3 is 6.61 Å². The Morgan fingerprint density at radius 3 is 2.45 bits per heavy atom. The number of hydrogen-bond donors (Lipinski definition) is 0. The highest BCUT2D eigenvalue weighted by atomic mass is 19.3. The standard InChI is InChI=1S/C15H11F3O2/c1-9-7-11(5-6-13(9)16)14(19)10-3-2-4-12(8-10)20-15(17)18/h2-8,15H,1H3. The van der Waals surface area contributed by atoms with Crippen molar-refractivity contribution in [2.24, 2.45) is 0 Å². The third kappa shape index (κ3) is 3.17. The van der Waals surface area contributed by atoms with Crippen LogP contribution in [0.4, 0.5) is 13.2 Å². The lowest BCUT2D eigenvalue weighted by molar-refractivity contribution is -0.0498. The second-order valence-corrected chi connectivity index (χ2v) is 4.20. The van der Waals surface area contributed by atoms with Gasteiger partial charge in [-0.05, 0) is 42.8 Å². The van der Waals surface area contributed by atoms with Gasteiger partial charge in [0.15, 0.2) is 5.78 Å². The molecule has 0 bridgehead atoms. The summed E-state index contributed by atoms with van der Waals surface area (Å²) in [7, 11) is 0. The SMILES string of the molecule is Cc1cc(C(=O)c2cccc(OC(F)F)c2)ccc1F. The van der Waals surface area contributed by atoms with Crippen molar-refractivity contribution in [3.63, 3.8) is 0 Å². The molecular formula is C15H11F3O2. The lowest BCUT2D eigenvalue weighted by Crippen LogP contribution is -2.05. The monoisotopic (exact) mass is 280 g/mol. The molecule has 5 heteroatoms. The van der Waals surface area contributed by atoms with Crippen LogP contribution in [0.15, 0.2) is 42.5 Å². The summed E-state index contributed by atoms with van der Waals surface area (Å²) in [5, 5.41) is 0. The Kier molecular flexibility index (Phi) is 4.08. The Hall–Kier alpha value is -2.30. The highest BCUT2D eigenvalue weighted by molar-refractivity contribution is 6.09. The number of hydrogen-bond acceptors (Lipinski definition) is 2. The van der Waals surface area contributed by atoms with Gasteiger partial charge in [-0.25, -0.2) is 4.39 Å². The Bertz CT molecular complexity index is 639. The zero-order valence-electron chi connectivity index (χ0n) is 10.6. The van der Waals surface area contributed by atoms with E-state index in [0.29, 0.717) is 5.56 Å². The lowest BCUT2D eigenvalue weighted by atomic mass is 10.0. The van der Waals surface area contributed by atoms with Crippen LogP contribution in [0, 0.1) is 12.7 Å². The van der Waals surface area contributed by atoms with Gasteiger partial charge in [-0.3, -0.25) is 4.79 Å². The number of ketones is 1. The van der Waals surface area contributed by atoms with E-state index in [2.05, 4.69) is 4.74 Å². The molecule has 0 radical (unpaired) electrons. The van der Waals surface area contributed by atoms with Gasteiger partial charge in [0.2, 0.25) is 0 Å². The molecule has 0 saturated carbocycles. The summed E-state index contributed by atoms with van der Waals surface area (Å²) in [5.74, 6) is -0.881. The van der Waals surface area contributed by atoms with Crippen molar-refractivity contribution in [1.82, 2.24) is 0 Å². The van der Waals surface area contributed by atoms with Gasteiger partial charge in [0, 0.05) is 11.1 Å². The second kappa shape index (κ2) is 5.77. The van der Waals surface area contributed by atoms with Crippen molar-refractivity contribution >= 4 is 5.78 Å². The molecule has 2 nitrogen and oxygen atoms in total. The van der Waals surface area contributed by atoms with E-state index in [1.807, 2.05) is 0 Å². The fraction of sp³-hybridized carbons (Fsp3) is 0.133. The van der Waals surface area contributed by atoms with Gasteiger partial charge in [0.05, 0.1) is 0 Å². The zero-order chi connectivity index (χ0) is 14.7. The average Bonchev–Trinajstić information content (AvgIpc) is 2.40. The van der Waals surface area contributed by atoms with Crippen molar-refractivity contribution in [3.8, 4) is 5.75 Å². The number of carbonyl (C=O) groups is 1. The van der Waals surface area contributed by atoms with Gasteiger partial charge in [-0.1, -0.05) is 12.1 Å². The van der Waals surface area contributed by atoms with E-state index in [-0.39, 0.29) is 22.7 Å². The summed E-state index contributed by atoms with van der Waals surface area (Å²) in [6, 6.07) is 9.46. The first kappa shape index (κ1) is 14.1. The molecular weight excluding hydrogens is 269 g/mol. The molecule has 2 aromatic carbocycles. The van der Waals surface area contributed by atoms with E-state index in [9.17, 15) is 18.0 Å². The number of aryl methyl sites for hydroxylation is 1. The van der Waals surface area contributed by atoms with Crippen LogP contribution in [-0.2, 0) is 0 Å². The molecule has 20 heavy (non-hydrogen) atoms. The molecule has 0 unspecified atom stereocenters. The van der Waals surface area contributed by atoms with Gasteiger partial charge in [0.1, 0.15) is 11.6 Å². The molecule has 0 fully saturated rings. The first-order valence-corrected chi connectivity index (χ1v) is 5.83. The lowest BCUT2D eigenvalue weighted by Gasteiger charge is -2.07. The van der Waals surface area contributed by atoms with Crippen LogP contribution in [0.3, 0.4) is 0 Å². The maximum atomic E-state index is 13.2. The topological polar surface area (TPSA) is 26.3 Å². The predicted octanol–water partition coefficient (Wildman–Crippen LogP) is 3.97. The zero-order valence-corrected chi connectivity index (χ0v) is 10.6. The Morgan fingerprint density at radius 2 is 1.80 bits per heavy atom. The fourth-order valence-electron chi connectivity index (χ4n) is 1.77. The summed E-state index contributed by atoms with van der Waals surface area (Å²) in [4.78, 5) is 12.2. The molecule has 2 rings (SSSR count). The van der Waals surface area contributed by atoms with Crippen LogP contribution >= 0.6 is 0 Å². The second-order valence-electron chi connectivity index (χ2n) is 4.20. The van der Waals surface area contributed by atoms with Gasteiger partial charge in [-0.2, -0.15) is 8.78 Å². The maximum absolute atomic E-state index is 13.2. The molecule has 0 amide bonds. The van der Waals surface area contributed by atoms with Crippen LogP contribution in [0.2, 0.25) is 0 Å². The molecule has 0 N–H and O–H groups in total. The van der Waals surface area contributed by atoms with Crippen LogP contribution in [-0.4, -0.2) is 12.4 Å². The normalized spacial score (nSPS) is 10.7. The Labute approximate surface area is 113 Å². The molecule has 0 heterocycles. The number of benzene rings is 2. The van der Waals surface area contributed by atoms with E-state index in [0.717, 1.165) is 0 Å². The predicted molar refractivity (Wildman–Crippen MR) is 67.6 cm³/mol. The minimum atomic E-state index is -2.95. The Balaban J connectivity index is 2.30. The van der Waals surface area contributed by atoms with Gasteiger partial charge in [-0.15, -0.1) is 0 Å². The summed E-state index contributed by atoms with van der Waals surface area (Å²) in [5.41, 5.74) is 0.836. The largest absolute Gasteiger partial charge is 0.435 e. The summed E-state index contributed by atoms with van der Waals surface area (Å²) in [6.07, 6.45) is 0. The van der Waals surface area contributed by atoms with Gasteiger partial charge < -0.3 is 4.74 Å². The maximum Gasteiger partial charge on any atom is 0.387 e. The van der Waals surface area contributed by atoms with Crippen LogP contribution in [0.1, 0.15) is 21.5 Å². The highest BCUT2D eigenvalue weighted by Gasteiger charge is 2.12. The molecule has 104 valence electrons. The van der Waals surface area contributed by atoms with Crippen LogP contribution in [0.25, 0.3) is 0 Å². The molecule has 0 atom stereocenters. The number of ether oxygens (including phenoxy) is 1. The van der Waals surface area contributed by atoms with Gasteiger partial charge in [0.25, 0.3) is 0 Å². The van der Waals surface area contributed by atoms with Crippen molar-refractivity contribution in [3.05, 3.63) is 65.0 Å². The molecule has 0 aliphatic rings. The average molecular weight is 280 g/mol. The number of alkyl halides is 2. The number of carbonyl (C=O) groups excluding carboxylic acids is 1. The Morgan fingerprint density at radius 1 is 1.10 bits per heavy atom. The van der Waals surface area contributed by atoms with E-state index in [4.69, 9.17) is 0 Å². The van der Waals surface area contributed by atoms with Crippen LogP contribution < -0.4 is 4.74 Å². The van der Waals surface area contributed by atoms with Crippen molar-refractivity contribution < 1.29 is 22.7 Å². The number of halogens is 3. The van der Waals surface area contributed by atoms with E-state index in [1.165, 1.54) is 42.5 Å². The molecule has 0 spiro atoms. The molecule has 0 saturated heterocycles. The summed E-state index contributed by atoms with van der Waals surface area (Å²) >= 11 is 0. The smallest absolute Gasteiger partial charge is 0.387 e. The van der Waals surface area contributed by atoms with Crippen molar-refractivity contribution in [1.29, 1.82) is 0 Å². The quantitative estimate of drug-likeness (QED) is 0.792. The highest BCUT2D eigenvalue weighted by Crippen LogP contribution is 2.19. The third-order valence-corrected chi connectivity index (χ3v) is 2.74. The molecule has 0 aromatic heterocycles. The van der Waals surface area contributed by atoms with E-state index in [1.54, 1.807) is 6.92 Å².